The monoisotopic (exact) mass is 277 g/mol. The number of anilines is 1. The molecular weight excluding hydrogens is 266 g/mol. The minimum absolute atomic E-state index is 0.738. The van der Waals surface area contributed by atoms with Crippen molar-refractivity contribution >= 4 is 32.8 Å². The summed E-state index contributed by atoms with van der Waals surface area (Å²) in [4.78, 5) is 8.78. The lowest BCUT2D eigenvalue weighted by molar-refractivity contribution is 0.876. The van der Waals surface area contributed by atoms with Crippen LogP contribution in [-0.4, -0.2) is 16.5 Å². The van der Waals surface area contributed by atoms with Crippen molar-refractivity contribution in [1.29, 1.82) is 0 Å². The number of aromatic nitrogens is 2. The van der Waals surface area contributed by atoms with E-state index in [4.69, 9.17) is 0 Å². The second kappa shape index (κ2) is 4.01. The van der Waals surface area contributed by atoms with Crippen molar-refractivity contribution in [2.75, 3.05) is 11.9 Å². The van der Waals surface area contributed by atoms with Crippen LogP contribution in [0.1, 0.15) is 12.8 Å². The number of hydrogen-bond donors (Lipinski definition) is 1. The molecule has 82 valence electrons. The van der Waals surface area contributed by atoms with Crippen molar-refractivity contribution in [3.63, 3.8) is 0 Å². The molecule has 1 N–H and O–H groups in total. The molecule has 0 aliphatic heterocycles. The second-order valence-electron chi connectivity index (χ2n) is 4.22. The van der Waals surface area contributed by atoms with E-state index in [1.807, 2.05) is 24.4 Å². The van der Waals surface area contributed by atoms with Gasteiger partial charge in [-0.15, -0.1) is 0 Å². The van der Waals surface area contributed by atoms with Gasteiger partial charge in [0.05, 0.1) is 5.52 Å². The summed E-state index contributed by atoms with van der Waals surface area (Å²) in [6, 6.07) is 6.03. The highest BCUT2D eigenvalue weighted by Crippen LogP contribution is 2.28. The molecule has 0 amide bonds. The molecule has 0 spiro atoms. The predicted octanol–water partition coefficient (Wildman–Crippen LogP) is 3.21. The van der Waals surface area contributed by atoms with Gasteiger partial charge in [-0.3, -0.25) is 0 Å². The molecule has 0 unspecified atom stereocenters. The number of halogens is 1. The Labute approximate surface area is 102 Å². The van der Waals surface area contributed by atoms with Gasteiger partial charge in [-0.1, -0.05) is 15.9 Å². The summed E-state index contributed by atoms with van der Waals surface area (Å²) < 4.78 is 1.06. The average Bonchev–Trinajstić information content (AvgIpc) is 3.10. The first-order chi connectivity index (χ1) is 7.81. The van der Waals surface area contributed by atoms with Crippen molar-refractivity contribution in [1.82, 2.24) is 9.97 Å². The summed E-state index contributed by atoms with van der Waals surface area (Å²) in [6.07, 6.45) is 4.55. The Bertz CT molecular complexity index is 523. The lowest BCUT2D eigenvalue weighted by Crippen LogP contribution is -2.06. The second-order valence-corrected chi connectivity index (χ2v) is 5.14. The molecule has 3 rings (SSSR count). The third-order valence-corrected chi connectivity index (χ3v) is 3.28. The van der Waals surface area contributed by atoms with E-state index in [-0.39, 0.29) is 0 Å². The number of fused-ring (bicyclic) bond motifs is 1. The van der Waals surface area contributed by atoms with Crippen LogP contribution in [0.3, 0.4) is 0 Å². The van der Waals surface area contributed by atoms with Crippen LogP contribution in [0.2, 0.25) is 0 Å². The number of rotatable bonds is 3. The maximum absolute atomic E-state index is 4.47. The maximum atomic E-state index is 4.47. The summed E-state index contributed by atoms with van der Waals surface area (Å²) in [5.41, 5.74) is 0.983. The molecule has 0 saturated heterocycles. The minimum Gasteiger partial charge on any atom is -0.354 e. The Kier molecular flexibility index (Phi) is 2.52. The summed E-state index contributed by atoms with van der Waals surface area (Å²) in [5.74, 6) is 1.57. The van der Waals surface area contributed by atoms with Gasteiger partial charge in [-0.05, 0) is 37.0 Å². The zero-order chi connectivity index (χ0) is 11.0. The Balaban J connectivity index is 1.86. The predicted molar refractivity (Wildman–Crippen MR) is 68.5 cm³/mol. The van der Waals surface area contributed by atoms with Gasteiger partial charge >= 0.3 is 0 Å². The van der Waals surface area contributed by atoms with Crippen LogP contribution in [0.15, 0.2) is 28.9 Å². The summed E-state index contributed by atoms with van der Waals surface area (Å²) in [5, 5.41) is 4.34. The molecule has 1 saturated carbocycles. The van der Waals surface area contributed by atoms with Gasteiger partial charge < -0.3 is 5.32 Å². The Hall–Kier alpha value is -1.16. The van der Waals surface area contributed by atoms with E-state index in [0.717, 1.165) is 33.8 Å². The maximum Gasteiger partial charge on any atom is 0.223 e. The van der Waals surface area contributed by atoms with Gasteiger partial charge in [0.1, 0.15) is 0 Å². The van der Waals surface area contributed by atoms with Crippen molar-refractivity contribution in [3.8, 4) is 0 Å². The third kappa shape index (κ3) is 2.16. The van der Waals surface area contributed by atoms with Crippen molar-refractivity contribution in [2.24, 2.45) is 5.92 Å². The van der Waals surface area contributed by atoms with E-state index in [9.17, 15) is 0 Å². The molecule has 0 radical (unpaired) electrons. The van der Waals surface area contributed by atoms with E-state index in [1.54, 1.807) is 0 Å². The fourth-order valence-electron chi connectivity index (χ4n) is 1.65. The quantitative estimate of drug-likeness (QED) is 0.936. The molecular formula is C12H12BrN3. The molecule has 1 heterocycles. The summed E-state index contributed by atoms with van der Waals surface area (Å²) in [6.45, 7) is 1.00. The largest absolute Gasteiger partial charge is 0.354 e. The molecule has 16 heavy (non-hydrogen) atoms. The lowest BCUT2D eigenvalue weighted by Gasteiger charge is -2.04. The molecule has 1 fully saturated rings. The molecule has 1 aromatic carbocycles. The Morgan fingerprint density at radius 2 is 2.25 bits per heavy atom. The summed E-state index contributed by atoms with van der Waals surface area (Å²) >= 11 is 3.44. The smallest absolute Gasteiger partial charge is 0.223 e. The van der Waals surface area contributed by atoms with Gasteiger partial charge in [0, 0.05) is 22.6 Å². The highest BCUT2D eigenvalue weighted by Gasteiger charge is 2.20. The normalized spacial score (nSPS) is 15.3. The molecule has 2 aromatic rings. The molecule has 1 aliphatic carbocycles. The topological polar surface area (TPSA) is 37.8 Å². The van der Waals surface area contributed by atoms with Crippen LogP contribution in [0.4, 0.5) is 5.95 Å². The van der Waals surface area contributed by atoms with Crippen LogP contribution < -0.4 is 5.32 Å². The third-order valence-electron chi connectivity index (χ3n) is 2.79. The van der Waals surface area contributed by atoms with Gasteiger partial charge in [0.2, 0.25) is 5.95 Å². The first kappa shape index (κ1) is 10.0. The molecule has 1 aliphatic rings. The van der Waals surface area contributed by atoms with Crippen molar-refractivity contribution in [2.45, 2.75) is 12.8 Å². The Morgan fingerprint density at radius 1 is 1.38 bits per heavy atom. The van der Waals surface area contributed by atoms with Crippen LogP contribution in [-0.2, 0) is 0 Å². The fraction of sp³-hybridized carbons (Fsp3) is 0.333. The van der Waals surface area contributed by atoms with E-state index in [0.29, 0.717) is 0 Å². The van der Waals surface area contributed by atoms with Crippen molar-refractivity contribution in [3.05, 3.63) is 28.9 Å². The van der Waals surface area contributed by atoms with Crippen LogP contribution >= 0.6 is 15.9 Å². The Morgan fingerprint density at radius 3 is 3.06 bits per heavy atom. The van der Waals surface area contributed by atoms with Crippen LogP contribution in [0.25, 0.3) is 10.9 Å². The molecule has 1 aromatic heterocycles. The highest BCUT2D eigenvalue weighted by atomic mass is 79.9. The van der Waals surface area contributed by atoms with E-state index in [2.05, 4.69) is 31.2 Å². The van der Waals surface area contributed by atoms with E-state index >= 15 is 0 Å². The van der Waals surface area contributed by atoms with E-state index < -0.39 is 0 Å². The van der Waals surface area contributed by atoms with E-state index in [1.165, 1.54) is 12.8 Å². The van der Waals surface area contributed by atoms with Gasteiger partial charge in [0.15, 0.2) is 0 Å². The minimum atomic E-state index is 0.738. The first-order valence-corrected chi connectivity index (χ1v) is 6.27. The van der Waals surface area contributed by atoms with Gasteiger partial charge in [-0.25, -0.2) is 9.97 Å². The van der Waals surface area contributed by atoms with Crippen LogP contribution in [0.5, 0.6) is 0 Å². The number of benzene rings is 1. The molecule has 0 bridgehead atoms. The van der Waals surface area contributed by atoms with Gasteiger partial charge in [-0.2, -0.15) is 0 Å². The molecule has 0 atom stereocenters. The number of hydrogen-bond acceptors (Lipinski definition) is 3. The number of nitrogens with zero attached hydrogens (tertiary/aromatic N) is 2. The SMILES string of the molecule is Brc1ccc2nc(NCC3CC3)ncc2c1. The first-order valence-electron chi connectivity index (χ1n) is 5.47. The number of nitrogens with one attached hydrogen (secondary N) is 1. The van der Waals surface area contributed by atoms with Gasteiger partial charge in [0.25, 0.3) is 0 Å². The summed E-state index contributed by atoms with van der Waals surface area (Å²) in [7, 11) is 0. The standard InChI is InChI=1S/C12H12BrN3/c13-10-3-4-11-9(5-10)7-15-12(16-11)14-6-8-1-2-8/h3-5,7-8H,1-2,6H2,(H,14,15,16). The average molecular weight is 278 g/mol. The molecule has 4 heteroatoms. The fourth-order valence-corrected chi connectivity index (χ4v) is 2.03. The molecule has 3 nitrogen and oxygen atoms in total. The zero-order valence-electron chi connectivity index (χ0n) is 8.78. The lowest BCUT2D eigenvalue weighted by atomic mass is 10.2. The van der Waals surface area contributed by atoms with Crippen molar-refractivity contribution < 1.29 is 0 Å². The van der Waals surface area contributed by atoms with Crippen LogP contribution in [0, 0.1) is 5.92 Å². The highest BCUT2D eigenvalue weighted by molar-refractivity contribution is 9.10. The zero-order valence-corrected chi connectivity index (χ0v) is 10.4.